The zero-order valence-electron chi connectivity index (χ0n) is 42.8. The number of carbonyl (C=O) groups excluding carboxylic acids is 3. The van der Waals surface area contributed by atoms with Gasteiger partial charge in [-0.3, -0.25) is 19.3 Å². The maximum Gasteiger partial charge on any atom is 0.253 e. The van der Waals surface area contributed by atoms with Crippen LogP contribution in [0.1, 0.15) is 86.7 Å². The standard InChI is InChI=1S/C54H67N9O12/c1-69-53-46-32-62(67)44-12-7-5-10-40(44)29-58(46)34-48(53)74-36-38-26-39(37-75-49-35-59-30-41-11-6-8-13-45(41)63(68)33-47(59)54(49)70-2)28-42(27-38)43-31-60(57-56-43)19-21-72-23-25-73-24-22-71-20-17-55-50(64)14-4-3-9-18-61-51(65)15-16-52(61)66/h12-13,15-16,26-28,31-35,40-41H,3-11,14,17-25,29-30,36-37H2,1-2H3,(H,55,64). The average molecular weight is 1030 g/mol. The molecular weight excluding hydrogens is 967 g/mol. The Morgan fingerprint density at radius 2 is 1.27 bits per heavy atom. The van der Waals surface area contributed by atoms with E-state index in [-0.39, 0.29) is 42.8 Å². The Balaban J connectivity index is 0.763. The van der Waals surface area contributed by atoms with Crippen molar-refractivity contribution in [2.75, 3.05) is 67.0 Å². The molecule has 2 unspecified atom stereocenters. The zero-order valence-corrected chi connectivity index (χ0v) is 42.8. The fourth-order valence-corrected chi connectivity index (χ4v) is 10.2. The summed E-state index contributed by atoms with van der Waals surface area (Å²) in [6.45, 7) is 5.17. The van der Waals surface area contributed by atoms with Gasteiger partial charge in [0.2, 0.25) is 18.3 Å². The molecule has 3 aromatic heterocycles. The Labute approximate surface area is 435 Å². The van der Waals surface area contributed by atoms with E-state index in [0.29, 0.717) is 132 Å². The molecule has 0 radical (unpaired) electrons. The van der Waals surface area contributed by atoms with Gasteiger partial charge in [0.25, 0.3) is 11.8 Å². The Morgan fingerprint density at radius 1 is 0.707 bits per heavy atom. The smallest absolute Gasteiger partial charge is 0.253 e. The summed E-state index contributed by atoms with van der Waals surface area (Å²) < 4.78 is 49.5. The third kappa shape index (κ3) is 13.2. The van der Waals surface area contributed by atoms with Crippen molar-refractivity contribution in [1.29, 1.82) is 0 Å². The number of imide groups is 1. The molecule has 5 aliphatic rings. The zero-order chi connectivity index (χ0) is 52.1. The second kappa shape index (κ2) is 25.3. The van der Waals surface area contributed by atoms with Crippen molar-refractivity contribution in [2.24, 2.45) is 11.8 Å². The number of carbonyl (C=O) groups is 3. The SMILES string of the molecule is COc1c(OCc2cc(COc3cn4c(c3OC)C=[N+]([O-])C3=CCCCC3C4)cc(-c3cn(CCOCCOCCOCCNC(=O)CCCCCN4C(=O)C=CC4=O)nn3)c2)cn2c1C=[N+]([O-])C1=CCCCC1C2. The minimum absolute atomic E-state index is 0.0634. The fraction of sp³-hybridized carbons (Fsp3) is 0.500. The number of hydroxylamine groups is 2. The maximum absolute atomic E-state index is 13.2. The molecule has 6 heterocycles. The largest absolute Gasteiger partial charge is 0.618 e. The summed E-state index contributed by atoms with van der Waals surface area (Å²) in [5.41, 5.74) is 6.06. The van der Waals surface area contributed by atoms with Crippen LogP contribution in [0.4, 0.5) is 0 Å². The number of benzene rings is 1. The summed E-state index contributed by atoms with van der Waals surface area (Å²) in [5.74, 6) is 1.64. The molecule has 21 heteroatoms. The molecule has 4 aromatic rings. The lowest BCUT2D eigenvalue weighted by atomic mass is 9.92. The lowest BCUT2D eigenvalue weighted by Crippen LogP contribution is -2.31. The lowest BCUT2D eigenvalue weighted by molar-refractivity contribution is -0.406. The summed E-state index contributed by atoms with van der Waals surface area (Å²) in [5, 5.41) is 38.2. The van der Waals surface area contributed by atoms with Gasteiger partial charge in [-0.15, -0.1) is 5.10 Å². The van der Waals surface area contributed by atoms with Crippen molar-refractivity contribution in [1.82, 2.24) is 34.3 Å². The van der Waals surface area contributed by atoms with Gasteiger partial charge in [-0.05, 0) is 92.8 Å². The van der Waals surface area contributed by atoms with E-state index in [1.165, 1.54) is 17.1 Å². The topological polar surface area (TPSA) is 224 Å². The van der Waals surface area contributed by atoms with Gasteiger partial charge < -0.3 is 58.0 Å². The molecule has 75 heavy (non-hydrogen) atoms. The van der Waals surface area contributed by atoms with E-state index in [1.54, 1.807) is 31.3 Å². The first-order valence-electron chi connectivity index (χ1n) is 26.0. The monoisotopic (exact) mass is 1030 g/mol. The Morgan fingerprint density at radius 3 is 1.84 bits per heavy atom. The van der Waals surface area contributed by atoms with Crippen LogP contribution in [-0.4, -0.2) is 136 Å². The number of unbranched alkanes of at least 4 members (excludes halogenated alkanes) is 2. The third-order valence-electron chi connectivity index (χ3n) is 14.0. The normalized spacial score (nSPS) is 17.9. The Hall–Kier alpha value is -7.23. The molecule has 0 saturated heterocycles. The van der Waals surface area contributed by atoms with Crippen LogP contribution in [0.15, 0.2) is 72.5 Å². The number of hydrogen-bond donors (Lipinski definition) is 1. The molecule has 1 aromatic carbocycles. The second-order valence-electron chi connectivity index (χ2n) is 19.2. The summed E-state index contributed by atoms with van der Waals surface area (Å²) in [4.78, 5) is 36.6. The van der Waals surface area contributed by atoms with Crippen LogP contribution in [0.3, 0.4) is 0 Å². The van der Waals surface area contributed by atoms with Crippen LogP contribution in [0, 0.1) is 22.3 Å². The van der Waals surface area contributed by atoms with E-state index in [0.717, 1.165) is 82.5 Å². The molecule has 400 valence electrons. The van der Waals surface area contributed by atoms with E-state index >= 15 is 0 Å². The number of nitrogens with one attached hydrogen (secondary N) is 1. The molecule has 1 N–H and O–H groups in total. The van der Waals surface area contributed by atoms with Gasteiger partial charge in [-0.25, -0.2) is 4.68 Å². The highest BCUT2D eigenvalue weighted by Crippen LogP contribution is 2.40. The minimum Gasteiger partial charge on any atom is -0.618 e. The van der Waals surface area contributed by atoms with E-state index in [1.807, 2.05) is 58.1 Å². The van der Waals surface area contributed by atoms with Crippen molar-refractivity contribution < 1.29 is 57.0 Å². The predicted molar refractivity (Wildman–Crippen MR) is 274 cm³/mol. The molecule has 21 nitrogen and oxygen atoms in total. The highest BCUT2D eigenvalue weighted by Gasteiger charge is 2.33. The van der Waals surface area contributed by atoms with Gasteiger partial charge in [-0.1, -0.05) is 11.6 Å². The van der Waals surface area contributed by atoms with Gasteiger partial charge in [0.1, 0.15) is 18.9 Å². The van der Waals surface area contributed by atoms with Crippen LogP contribution in [0.2, 0.25) is 0 Å². The maximum atomic E-state index is 13.2. The molecule has 0 spiro atoms. The van der Waals surface area contributed by atoms with Crippen LogP contribution in [0.5, 0.6) is 23.0 Å². The van der Waals surface area contributed by atoms with E-state index in [9.17, 15) is 24.8 Å². The van der Waals surface area contributed by atoms with Gasteiger partial charge in [0.05, 0.1) is 90.8 Å². The molecule has 9 rings (SSSR count). The van der Waals surface area contributed by atoms with Gasteiger partial charge in [0, 0.05) is 50.3 Å². The van der Waals surface area contributed by atoms with Crippen molar-refractivity contribution in [3.05, 3.63) is 105 Å². The van der Waals surface area contributed by atoms with Crippen molar-refractivity contribution in [3.8, 4) is 34.3 Å². The van der Waals surface area contributed by atoms with Crippen LogP contribution in [0.25, 0.3) is 11.3 Å². The van der Waals surface area contributed by atoms with E-state index in [2.05, 4.69) is 15.6 Å². The van der Waals surface area contributed by atoms with Crippen molar-refractivity contribution >= 4 is 30.2 Å². The molecule has 2 aliphatic carbocycles. The fourth-order valence-electron chi connectivity index (χ4n) is 10.2. The number of allylic oxidation sites excluding steroid dienone is 4. The van der Waals surface area contributed by atoms with Crippen LogP contribution >= 0.6 is 0 Å². The molecule has 3 amide bonds. The third-order valence-corrected chi connectivity index (χ3v) is 14.0. The number of nitrogens with zero attached hydrogens (tertiary/aromatic N) is 8. The summed E-state index contributed by atoms with van der Waals surface area (Å²) >= 11 is 0. The first-order chi connectivity index (χ1) is 36.6. The number of amides is 3. The Bertz CT molecular complexity index is 2700. The number of fused-ring (bicyclic) bond motifs is 4. The second-order valence-corrected chi connectivity index (χ2v) is 19.2. The highest BCUT2D eigenvalue weighted by atomic mass is 16.5. The molecule has 3 aliphatic heterocycles. The number of methoxy groups -OCH3 is 2. The van der Waals surface area contributed by atoms with Gasteiger partial charge in [0.15, 0.2) is 45.8 Å². The molecule has 0 bridgehead atoms. The molecule has 2 atom stereocenters. The van der Waals surface area contributed by atoms with Crippen LogP contribution in [-0.2, 0) is 61.4 Å². The average Bonchev–Trinajstić information content (AvgIpc) is 4.16. The number of ether oxygens (including phenoxy) is 7. The highest BCUT2D eigenvalue weighted by molar-refractivity contribution is 6.12. The summed E-state index contributed by atoms with van der Waals surface area (Å²) in [6, 6.07) is 6.03. The van der Waals surface area contributed by atoms with Crippen molar-refractivity contribution in [2.45, 2.75) is 97.1 Å². The summed E-state index contributed by atoms with van der Waals surface area (Å²) in [6.07, 6.45) is 23.7. The van der Waals surface area contributed by atoms with Crippen molar-refractivity contribution in [3.63, 3.8) is 0 Å². The first kappa shape index (κ1) is 52.6. The number of hydrogen-bond acceptors (Lipinski definition) is 14. The Kier molecular flexibility index (Phi) is 17.8. The minimum atomic E-state index is -0.283. The molecule has 0 fully saturated rings. The first-order valence-corrected chi connectivity index (χ1v) is 26.0. The predicted octanol–water partition coefficient (Wildman–Crippen LogP) is 5.63. The summed E-state index contributed by atoms with van der Waals surface area (Å²) in [7, 11) is 3.17. The number of aromatic nitrogens is 5. The quantitative estimate of drug-likeness (QED) is 0.0331. The lowest BCUT2D eigenvalue weighted by Gasteiger charge is -2.20. The van der Waals surface area contributed by atoms with E-state index < -0.39 is 0 Å². The van der Waals surface area contributed by atoms with Crippen LogP contribution < -0.4 is 24.3 Å². The number of rotatable bonds is 27. The van der Waals surface area contributed by atoms with E-state index in [4.69, 9.17) is 33.2 Å². The van der Waals surface area contributed by atoms with Gasteiger partial charge >= 0.3 is 0 Å². The van der Waals surface area contributed by atoms with Gasteiger partial charge in [-0.2, -0.15) is 9.48 Å². The molecule has 0 saturated carbocycles. The molecular formula is C54H67N9O12.